The molecule has 1 aromatic carbocycles. The Kier molecular flexibility index (Phi) is 4.31. The van der Waals surface area contributed by atoms with Crippen molar-refractivity contribution in [3.63, 3.8) is 0 Å². The molecule has 5 heteroatoms. The van der Waals surface area contributed by atoms with E-state index in [0.29, 0.717) is 0 Å². The summed E-state index contributed by atoms with van der Waals surface area (Å²) >= 11 is 5.24. The smallest absolute Gasteiger partial charge is 0.450 e. The molecule has 1 rings (SSSR count). The number of halogens is 1. The molecule has 1 N–H and O–H groups in total. The summed E-state index contributed by atoms with van der Waals surface area (Å²) in [6, 6.07) is 6.86. The van der Waals surface area contributed by atoms with Crippen LogP contribution in [0.3, 0.4) is 0 Å². The predicted octanol–water partition coefficient (Wildman–Crippen LogP) is 2.75. The molecule has 0 radical (unpaired) electrons. The van der Waals surface area contributed by atoms with E-state index in [1.54, 1.807) is 31.2 Å². The van der Waals surface area contributed by atoms with Crippen LogP contribution in [-0.4, -0.2) is 16.5 Å². The van der Waals surface area contributed by atoms with E-state index in [-0.39, 0.29) is 6.42 Å². The van der Waals surface area contributed by atoms with Crippen molar-refractivity contribution in [1.29, 1.82) is 0 Å². The van der Waals surface area contributed by atoms with Gasteiger partial charge >= 0.3 is 6.16 Å². The standard InChI is InChI=1S/C11H11ClO4/c1-7(16-11(14)15)9-4-2-8(3-5-9)6-10(12)13/h2-5,7H,6H2,1H3,(H,14,15). The van der Waals surface area contributed by atoms with Crippen molar-refractivity contribution < 1.29 is 19.4 Å². The summed E-state index contributed by atoms with van der Waals surface area (Å²) in [5, 5.41) is 8.01. The van der Waals surface area contributed by atoms with Gasteiger partial charge in [-0.3, -0.25) is 4.79 Å². The first-order valence-electron chi connectivity index (χ1n) is 4.66. The minimum atomic E-state index is -1.31. The maximum atomic E-state index is 10.6. The average Bonchev–Trinajstić information content (AvgIpc) is 2.16. The fraction of sp³-hybridized carbons (Fsp3) is 0.273. The van der Waals surface area contributed by atoms with E-state index in [9.17, 15) is 9.59 Å². The van der Waals surface area contributed by atoms with Gasteiger partial charge in [-0.1, -0.05) is 24.3 Å². The molecule has 0 spiro atoms. The summed E-state index contributed by atoms with van der Waals surface area (Å²) in [6.07, 6.45) is -1.68. The molecular formula is C11H11ClO4. The van der Waals surface area contributed by atoms with Crippen molar-refractivity contribution in [3.05, 3.63) is 35.4 Å². The summed E-state index contributed by atoms with van der Waals surface area (Å²) in [5.74, 6) is 0. The first kappa shape index (κ1) is 12.5. The van der Waals surface area contributed by atoms with Crippen molar-refractivity contribution in [2.24, 2.45) is 0 Å². The van der Waals surface area contributed by atoms with Gasteiger partial charge in [0.1, 0.15) is 6.10 Å². The van der Waals surface area contributed by atoms with Crippen LogP contribution in [0.1, 0.15) is 24.2 Å². The van der Waals surface area contributed by atoms with Gasteiger partial charge in [-0.2, -0.15) is 0 Å². The zero-order chi connectivity index (χ0) is 12.1. The number of rotatable bonds is 4. The number of hydrogen-bond acceptors (Lipinski definition) is 3. The Balaban J connectivity index is 2.70. The van der Waals surface area contributed by atoms with Gasteiger partial charge in [0, 0.05) is 6.42 Å². The molecule has 1 aromatic rings. The molecule has 86 valence electrons. The SMILES string of the molecule is CC(OC(=O)O)c1ccc(CC(=O)Cl)cc1. The third-order valence-corrected chi connectivity index (χ3v) is 2.20. The number of benzene rings is 1. The molecule has 0 fully saturated rings. The van der Waals surface area contributed by atoms with Crippen LogP contribution < -0.4 is 0 Å². The van der Waals surface area contributed by atoms with Crippen LogP contribution in [0.25, 0.3) is 0 Å². The van der Waals surface area contributed by atoms with Crippen molar-refractivity contribution in [1.82, 2.24) is 0 Å². The molecule has 1 unspecified atom stereocenters. The Morgan fingerprint density at radius 3 is 2.38 bits per heavy atom. The monoisotopic (exact) mass is 242 g/mol. The Bertz CT molecular complexity index is 385. The Morgan fingerprint density at radius 2 is 1.94 bits per heavy atom. The molecule has 0 heterocycles. The molecule has 1 atom stereocenters. The van der Waals surface area contributed by atoms with Crippen LogP contribution >= 0.6 is 11.6 Å². The third kappa shape index (κ3) is 3.90. The lowest BCUT2D eigenvalue weighted by atomic mass is 10.1. The first-order chi connectivity index (χ1) is 7.49. The molecule has 0 saturated heterocycles. The second kappa shape index (κ2) is 5.51. The van der Waals surface area contributed by atoms with Gasteiger partial charge < -0.3 is 9.84 Å². The van der Waals surface area contributed by atoms with E-state index in [1.165, 1.54) is 0 Å². The fourth-order valence-electron chi connectivity index (χ4n) is 1.29. The molecule has 0 saturated carbocycles. The Labute approximate surface area is 97.8 Å². The normalized spacial score (nSPS) is 11.9. The average molecular weight is 243 g/mol. The molecule has 4 nitrogen and oxygen atoms in total. The zero-order valence-corrected chi connectivity index (χ0v) is 9.40. The van der Waals surface area contributed by atoms with Crippen LogP contribution in [0, 0.1) is 0 Å². The highest BCUT2D eigenvalue weighted by Crippen LogP contribution is 2.17. The quantitative estimate of drug-likeness (QED) is 0.651. The molecule has 0 aromatic heterocycles. The molecule has 0 amide bonds. The highest BCUT2D eigenvalue weighted by Gasteiger charge is 2.10. The van der Waals surface area contributed by atoms with Gasteiger partial charge in [0.15, 0.2) is 0 Å². The summed E-state index contributed by atoms with van der Waals surface area (Å²) < 4.78 is 4.58. The lowest BCUT2D eigenvalue weighted by Crippen LogP contribution is -2.05. The van der Waals surface area contributed by atoms with E-state index in [2.05, 4.69) is 4.74 Å². The van der Waals surface area contributed by atoms with Gasteiger partial charge in [0.2, 0.25) is 5.24 Å². The van der Waals surface area contributed by atoms with Gasteiger partial charge in [0.05, 0.1) is 0 Å². The van der Waals surface area contributed by atoms with E-state index >= 15 is 0 Å². The largest absolute Gasteiger partial charge is 0.506 e. The molecule has 0 aliphatic rings. The molecule has 0 aliphatic heterocycles. The van der Waals surface area contributed by atoms with Gasteiger partial charge in [-0.05, 0) is 29.7 Å². The van der Waals surface area contributed by atoms with E-state index in [0.717, 1.165) is 11.1 Å². The number of ether oxygens (including phenoxy) is 1. The minimum absolute atomic E-state index is 0.163. The first-order valence-corrected chi connectivity index (χ1v) is 5.03. The van der Waals surface area contributed by atoms with Crippen molar-refractivity contribution in [3.8, 4) is 0 Å². The maximum absolute atomic E-state index is 10.6. The summed E-state index contributed by atoms with van der Waals surface area (Å²) in [7, 11) is 0. The van der Waals surface area contributed by atoms with E-state index < -0.39 is 17.5 Å². The highest BCUT2D eigenvalue weighted by molar-refractivity contribution is 6.63. The number of carboxylic acid groups (broad SMARTS) is 1. The van der Waals surface area contributed by atoms with E-state index in [1.807, 2.05) is 0 Å². The maximum Gasteiger partial charge on any atom is 0.506 e. The minimum Gasteiger partial charge on any atom is -0.450 e. The van der Waals surface area contributed by atoms with E-state index in [4.69, 9.17) is 16.7 Å². The summed E-state index contributed by atoms with van der Waals surface area (Å²) in [6.45, 7) is 1.63. The van der Waals surface area contributed by atoms with Gasteiger partial charge in [0.25, 0.3) is 0 Å². The van der Waals surface area contributed by atoms with Crippen molar-refractivity contribution in [2.45, 2.75) is 19.4 Å². The molecular weight excluding hydrogens is 232 g/mol. The molecule has 0 aliphatic carbocycles. The molecule has 16 heavy (non-hydrogen) atoms. The van der Waals surface area contributed by atoms with Crippen LogP contribution in [0.4, 0.5) is 4.79 Å². The van der Waals surface area contributed by atoms with Crippen molar-refractivity contribution >= 4 is 23.0 Å². The summed E-state index contributed by atoms with van der Waals surface area (Å²) in [4.78, 5) is 21.0. The number of carbonyl (C=O) groups is 2. The lowest BCUT2D eigenvalue weighted by molar-refractivity contribution is -0.111. The fourth-order valence-corrected chi connectivity index (χ4v) is 1.44. The Hall–Kier alpha value is -1.55. The molecule has 0 bridgehead atoms. The Morgan fingerprint density at radius 1 is 1.38 bits per heavy atom. The second-order valence-corrected chi connectivity index (χ2v) is 3.72. The number of hydrogen-bond donors (Lipinski definition) is 1. The zero-order valence-electron chi connectivity index (χ0n) is 8.64. The second-order valence-electron chi connectivity index (χ2n) is 3.30. The topological polar surface area (TPSA) is 63.6 Å². The van der Waals surface area contributed by atoms with Crippen LogP contribution in [0.5, 0.6) is 0 Å². The highest BCUT2D eigenvalue weighted by atomic mass is 35.5. The van der Waals surface area contributed by atoms with Gasteiger partial charge in [-0.15, -0.1) is 0 Å². The van der Waals surface area contributed by atoms with Crippen LogP contribution in [0.15, 0.2) is 24.3 Å². The summed E-state index contributed by atoms with van der Waals surface area (Å²) in [5.41, 5.74) is 1.51. The van der Waals surface area contributed by atoms with Crippen LogP contribution in [-0.2, 0) is 16.0 Å². The third-order valence-electron chi connectivity index (χ3n) is 2.07. The van der Waals surface area contributed by atoms with Gasteiger partial charge in [-0.25, -0.2) is 4.79 Å². The van der Waals surface area contributed by atoms with Crippen LogP contribution in [0.2, 0.25) is 0 Å². The van der Waals surface area contributed by atoms with Crippen molar-refractivity contribution in [2.75, 3.05) is 0 Å². The predicted molar refractivity (Wildman–Crippen MR) is 58.5 cm³/mol. The lowest BCUT2D eigenvalue weighted by Gasteiger charge is -2.10. The number of carbonyl (C=O) groups excluding carboxylic acids is 1.